The summed E-state index contributed by atoms with van der Waals surface area (Å²) >= 11 is 5.65. The van der Waals surface area contributed by atoms with Crippen LogP contribution in [0.2, 0.25) is 5.15 Å². The van der Waals surface area contributed by atoms with Crippen molar-refractivity contribution in [2.45, 2.75) is 27.3 Å². The minimum atomic E-state index is -0.434. The number of hydrogen-bond acceptors (Lipinski definition) is 3. The van der Waals surface area contributed by atoms with E-state index in [1.54, 1.807) is 23.8 Å². The molecule has 4 nitrogen and oxygen atoms in total. The summed E-state index contributed by atoms with van der Waals surface area (Å²) in [5.74, 6) is -0.175. The highest BCUT2D eigenvalue weighted by Crippen LogP contribution is 2.09. The topological polar surface area (TPSA) is 44.1 Å². The minimum absolute atomic E-state index is 0.259. The number of allylic oxidation sites excluding steroid dienone is 1. The molecule has 0 fully saturated rings. The third-order valence-corrected chi connectivity index (χ3v) is 1.73. The molecule has 0 aliphatic rings. The third-order valence-electron chi connectivity index (χ3n) is 1.55. The van der Waals surface area contributed by atoms with Crippen molar-refractivity contribution in [2.75, 3.05) is 6.61 Å². The van der Waals surface area contributed by atoms with Crippen LogP contribution >= 0.6 is 11.6 Å². The van der Waals surface area contributed by atoms with Crippen molar-refractivity contribution in [1.29, 1.82) is 0 Å². The van der Waals surface area contributed by atoms with Gasteiger partial charge in [-0.05, 0) is 20.8 Å². The zero-order valence-corrected chi connectivity index (χ0v) is 10.6. The van der Waals surface area contributed by atoms with Crippen LogP contribution in [0, 0.1) is 0 Å². The fraction of sp³-hybridized carbons (Fsp3) is 0.455. The first-order chi connectivity index (χ1) is 7.60. The van der Waals surface area contributed by atoms with E-state index in [0.29, 0.717) is 18.3 Å². The Labute approximate surface area is 101 Å². The van der Waals surface area contributed by atoms with Gasteiger partial charge in [0.05, 0.1) is 6.61 Å². The maximum Gasteiger partial charge on any atom is 0.374 e. The normalized spacial score (nSPS) is 9.00. The van der Waals surface area contributed by atoms with E-state index in [0.717, 1.165) is 0 Å². The largest absolute Gasteiger partial charge is 0.460 e. The number of carbonyl (C=O) groups excluding carboxylic acids is 1. The highest BCUT2D eigenvalue weighted by molar-refractivity contribution is 6.29. The van der Waals surface area contributed by atoms with E-state index in [4.69, 9.17) is 16.3 Å². The van der Waals surface area contributed by atoms with Crippen LogP contribution in [0.3, 0.4) is 0 Å². The van der Waals surface area contributed by atoms with Gasteiger partial charge in [0.1, 0.15) is 5.15 Å². The summed E-state index contributed by atoms with van der Waals surface area (Å²) in [5.41, 5.74) is 0. The second kappa shape index (κ2) is 7.93. The summed E-state index contributed by atoms with van der Waals surface area (Å²) in [6.07, 6.45) is 3.35. The lowest BCUT2D eigenvalue weighted by Crippen LogP contribution is -2.12. The summed E-state index contributed by atoms with van der Waals surface area (Å²) in [7, 11) is 0. The number of imidazole rings is 1. The summed E-state index contributed by atoms with van der Waals surface area (Å²) in [4.78, 5) is 15.1. The summed E-state index contributed by atoms with van der Waals surface area (Å²) in [5, 5.41) is 0.310. The monoisotopic (exact) mass is 244 g/mol. The molecule has 90 valence electrons. The molecule has 0 N–H and O–H groups in total. The van der Waals surface area contributed by atoms with Crippen molar-refractivity contribution < 1.29 is 9.53 Å². The lowest BCUT2D eigenvalue weighted by molar-refractivity contribution is 0.0506. The molecular weight excluding hydrogens is 228 g/mol. The van der Waals surface area contributed by atoms with Crippen LogP contribution in [-0.4, -0.2) is 22.1 Å². The van der Waals surface area contributed by atoms with Gasteiger partial charge >= 0.3 is 5.97 Å². The van der Waals surface area contributed by atoms with Gasteiger partial charge in [0, 0.05) is 12.7 Å². The van der Waals surface area contributed by atoms with Crippen LogP contribution in [0.4, 0.5) is 0 Å². The molecule has 1 aromatic rings. The van der Waals surface area contributed by atoms with Gasteiger partial charge < -0.3 is 9.30 Å². The predicted molar refractivity (Wildman–Crippen MR) is 64.7 cm³/mol. The highest BCUT2D eigenvalue weighted by Gasteiger charge is 2.14. The average Bonchev–Trinajstić information content (AvgIpc) is 2.61. The van der Waals surface area contributed by atoms with E-state index in [1.807, 2.05) is 13.8 Å². The number of carbonyl (C=O) groups is 1. The first-order valence-electron chi connectivity index (χ1n) is 5.07. The van der Waals surface area contributed by atoms with Crippen molar-refractivity contribution in [1.82, 2.24) is 9.55 Å². The van der Waals surface area contributed by atoms with E-state index in [1.165, 1.54) is 0 Å². The molecule has 0 bridgehead atoms. The van der Waals surface area contributed by atoms with Gasteiger partial charge in [0.25, 0.3) is 0 Å². The van der Waals surface area contributed by atoms with E-state index >= 15 is 0 Å². The van der Waals surface area contributed by atoms with Crippen LogP contribution in [0.1, 0.15) is 31.4 Å². The Morgan fingerprint density at radius 3 is 2.69 bits per heavy atom. The predicted octanol–water partition coefficient (Wildman–Crippen LogP) is 2.93. The van der Waals surface area contributed by atoms with Crippen molar-refractivity contribution in [3.8, 4) is 0 Å². The SMILES string of the molecule is C=CC.CCOC(=O)c1nc(Cl)cn1CC. The molecule has 0 aromatic carbocycles. The van der Waals surface area contributed by atoms with Crippen LogP contribution in [-0.2, 0) is 11.3 Å². The molecule has 1 rings (SSSR count). The number of aromatic nitrogens is 2. The number of nitrogens with zero attached hydrogens (tertiary/aromatic N) is 2. The van der Waals surface area contributed by atoms with E-state index in [-0.39, 0.29) is 5.82 Å². The Morgan fingerprint density at radius 2 is 2.25 bits per heavy atom. The maximum absolute atomic E-state index is 11.3. The van der Waals surface area contributed by atoms with Gasteiger partial charge in [0.15, 0.2) is 0 Å². The van der Waals surface area contributed by atoms with Crippen LogP contribution in [0.25, 0.3) is 0 Å². The minimum Gasteiger partial charge on any atom is -0.460 e. The van der Waals surface area contributed by atoms with Crippen LogP contribution in [0.15, 0.2) is 18.9 Å². The molecule has 16 heavy (non-hydrogen) atoms. The highest BCUT2D eigenvalue weighted by atomic mass is 35.5. The molecule has 0 amide bonds. The van der Waals surface area contributed by atoms with Crippen LogP contribution < -0.4 is 0 Å². The van der Waals surface area contributed by atoms with Gasteiger partial charge in [0.2, 0.25) is 5.82 Å². The summed E-state index contributed by atoms with van der Waals surface area (Å²) < 4.78 is 6.46. The number of rotatable bonds is 3. The average molecular weight is 245 g/mol. The molecular formula is C11H17ClN2O2. The van der Waals surface area contributed by atoms with Crippen LogP contribution in [0.5, 0.6) is 0 Å². The molecule has 0 spiro atoms. The Bertz CT molecular complexity index is 348. The first-order valence-corrected chi connectivity index (χ1v) is 5.45. The lowest BCUT2D eigenvalue weighted by atomic mass is 10.5. The molecule has 0 unspecified atom stereocenters. The maximum atomic E-state index is 11.3. The Morgan fingerprint density at radius 1 is 1.69 bits per heavy atom. The van der Waals surface area contributed by atoms with E-state index in [9.17, 15) is 4.79 Å². The van der Waals surface area contributed by atoms with Crippen molar-refractivity contribution in [3.63, 3.8) is 0 Å². The number of hydrogen-bond donors (Lipinski definition) is 0. The molecule has 0 atom stereocenters. The van der Waals surface area contributed by atoms with Gasteiger partial charge in [-0.25, -0.2) is 9.78 Å². The fourth-order valence-electron chi connectivity index (χ4n) is 0.984. The molecule has 5 heteroatoms. The number of ether oxygens (including phenoxy) is 1. The molecule has 0 aliphatic carbocycles. The first kappa shape index (κ1) is 14.7. The number of aryl methyl sites for hydroxylation is 1. The summed E-state index contributed by atoms with van der Waals surface area (Å²) in [6.45, 7) is 9.89. The molecule has 0 saturated carbocycles. The molecule has 1 aromatic heterocycles. The second-order valence-electron chi connectivity index (χ2n) is 2.80. The fourth-order valence-corrected chi connectivity index (χ4v) is 1.18. The molecule has 0 saturated heterocycles. The van der Waals surface area contributed by atoms with Gasteiger partial charge in [-0.1, -0.05) is 17.7 Å². The van der Waals surface area contributed by atoms with Gasteiger partial charge in [-0.2, -0.15) is 0 Å². The summed E-state index contributed by atoms with van der Waals surface area (Å²) in [6, 6.07) is 0. The Kier molecular flexibility index (Phi) is 7.29. The number of halogens is 1. The number of esters is 1. The zero-order valence-electron chi connectivity index (χ0n) is 9.86. The van der Waals surface area contributed by atoms with E-state index in [2.05, 4.69) is 11.6 Å². The van der Waals surface area contributed by atoms with Crippen molar-refractivity contribution in [3.05, 3.63) is 29.8 Å². The second-order valence-corrected chi connectivity index (χ2v) is 3.19. The Hall–Kier alpha value is -1.29. The van der Waals surface area contributed by atoms with E-state index < -0.39 is 5.97 Å². The van der Waals surface area contributed by atoms with Crippen molar-refractivity contribution >= 4 is 17.6 Å². The van der Waals surface area contributed by atoms with Crippen molar-refractivity contribution in [2.24, 2.45) is 0 Å². The molecule has 0 aliphatic heterocycles. The Balaban J connectivity index is 0.000000673. The zero-order chi connectivity index (χ0) is 12.6. The lowest BCUT2D eigenvalue weighted by Gasteiger charge is -2.02. The standard InChI is InChI=1S/C8H11ClN2O2.C3H6/c1-3-11-5-6(9)10-7(11)8(12)13-4-2;1-3-2/h5H,3-4H2,1-2H3;3H,1H2,2H3. The quantitative estimate of drug-likeness (QED) is 0.607. The molecule has 0 radical (unpaired) electrons. The smallest absolute Gasteiger partial charge is 0.374 e. The van der Waals surface area contributed by atoms with Gasteiger partial charge in [-0.15, -0.1) is 6.58 Å². The third kappa shape index (κ3) is 4.49. The van der Waals surface area contributed by atoms with Gasteiger partial charge in [-0.3, -0.25) is 0 Å². The molecule has 1 heterocycles.